The molecule has 1 rings (SSSR count). The zero-order valence-electron chi connectivity index (χ0n) is 13.2. The Bertz CT molecular complexity index is 384. The highest BCUT2D eigenvalue weighted by Crippen LogP contribution is 2.27. The summed E-state index contributed by atoms with van der Waals surface area (Å²) < 4.78 is 5.75. The maximum Gasteiger partial charge on any atom is 0.0885 e. The second-order valence-corrected chi connectivity index (χ2v) is 6.51. The monoisotopic (exact) mass is 264 g/mol. The molecular formula is C17H28O2. The van der Waals surface area contributed by atoms with Crippen molar-refractivity contribution < 1.29 is 9.84 Å². The lowest BCUT2D eigenvalue weighted by Gasteiger charge is -2.34. The Kier molecular flexibility index (Phi) is 5.57. The normalized spacial score (nSPS) is 15.3. The molecular weight excluding hydrogens is 236 g/mol. The molecule has 2 unspecified atom stereocenters. The van der Waals surface area contributed by atoms with Crippen LogP contribution in [0.3, 0.4) is 0 Å². The maximum atomic E-state index is 10.5. The highest BCUT2D eigenvalue weighted by molar-refractivity contribution is 5.29. The third-order valence-corrected chi connectivity index (χ3v) is 3.28. The summed E-state index contributed by atoms with van der Waals surface area (Å²) in [5, 5.41) is 10.5. The highest BCUT2D eigenvalue weighted by atomic mass is 16.5. The van der Waals surface area contributed by atoms with Crippen LogP contribution in [0.25, 0.3) is 0 Å². The summed E-state index contributed by atoms with van der Waals surface area (Å²) in [5.74, 6) is 0. The molecule has 19 heavy (non-hydrogen) atoms. The number of aliphatic hydroxyl groups excluding tert-OH is 1. The van der Waals surface area contributed by atoms with Crippen molar-refractivity contribution in [2.24, 2.45) is 5.41 Å². The van der Waals surface area contributed by atoms with Gasteiger partial charge in [-0.05, 0) is 31.7 Å². The minimum atomic E-state index is -0.471. The average molecular weight is 264 g/mol. The smallest absolute Gasteiger partial charge is 0.0885 e. The van der Waals surface area contributed by atoms with E-state index in [1.807, 2.05) is 6.92 Å². The van der Waals surface area contributed by atoms with Crippen molar-refractivity contribution in [2.75, 3.05) is 6.61 Å². The van der Waals surface area contributed by atoms with Crippen molar-refractivity contribution in [1.82, 2.24) is 0 Å². The lowest BCUT2D eigenvalue weighted by molar-refractivity contribution is -0.0873. The van der Waals surface area contributed by atoms with Crippen LogP contribution in [0, 0.1) is 19.3 Å². The van der Waals surface area contributed by atoms with Crippen LogP contribution in [0.4, 0.5) is 0 Å². The summed E-state index contributed by atoms with van der Waals surface area (Å²) in [4.78, 5) is 0. The highest BCUT2D eigenvalue weighted by Gasteiger charge is 2.31. The molecule has 0 aliphatic carbocycles. The van der Waals surface area contributed by atoms with E-state index in [1.165, 1.54) is 16.7 Å². The molecule has 0 fully saturated rings. The van der Waals surface area contributed by atoms with E-state index in [-0.39, 0.29) is 11.5 Å². The maximum absolute atomic E-state index is 10.5. The van der Waals surface area contributed by atoms with Crippen LogP contribution >= 0.6 is 0 Å². The molecule has 1 aromatic carbocycles. The van der Waals surface area contributed by atoms with Gasteiger partial charge in [-0.3, -0.25) is 0 Å². The third kappa shape index (κ3) is 4.96. The molecule has 1 N–H and O–H groups in total. The zero-order valence-corrected chi connectivity index (χ0v) is 13.2. The van der Waals surface area contributed by atoms with Crippen LogP contribution in [0.5, 0.6) is 0 Å². The summed E-state index contributed by atoms with van der Waals surface area (Å²) in [5.41, 5.74) is 3.60. The molecule has 0 bridgehead atoms. The predicted octanol–water partition coefficient (Wildman–Crippen LogP) is 3.66. The topological polar surface area (TPSA) is 29.5 Å². The summed E-state index contributed by atoms with van der Waals surface area (Å²) in [6.07, 6.45) is 0.0317. The van der Waals surface area contributed by atoms with Crippen LogP contribution < -0.4 is 0 Å². The van der Waals surface area contributed by atoms with Crippen molar-refractivity contribution in [3.63, 3.8) is 0 Å². The first-order valence-corrected chi connectivity index (χ1v) is 7.11. The fourth-order valence-corrected chi connectivity index (χ4v) is 2.65. The number of rotatable bonds is 5. The first-order valence-electron chi connectivity index (χ1n) is 7.11. The summed E-state index contributed by atoms with van der Waals surface area (Å²) in [6.45, 7) is 13.1. The first kappa shape index (κ1) is 16.2. The quantitative estimate of drug-likeness (QED) is 0.879. The molecule has 0 aromatic heterocycles. The molecule has 2 nitrogen and oxygen atoms in total. The van der Waals surface area contributed by atoms with Crippen molar-refractivity contribution in [1.29, 1.82) is 0 Å². The molecule has 0 aliphatic heterocycles. The van der Waals surface area contributed by atoms with Crippen molar-refractivity contribution >= 4 is 0 Å². The molecule has 0 saturated carbocycles. The largest absolute Gasteiger partial charge is 0.390 e. The van der Waals surface area contributed by atoms with E-state index in [0.29, 0.717) is 13.0 Å². The van der Waals surface area contributed by atoms with Crippen molar-refractivity contribution in [3.8, 4) is 0 Å². The Morgan fingerprint density at radius 3 is 2.05 bits per heavy atom. The standard InChI is InChI=1S/C17H28O2/c1-7-19-16(17(4,5)6)15(18)11-14-9-12(2)8-13(3)10-14/h8-10,15-16,18H,7,11H2,1-6H3. The Morgan fingerprint density at radius 2 is 1.63 bits per heavy atom. The van der Waals surface area contributed by atoms with Gasteiger partial charge in [-0.1, -0.05) is 50.1 Å². The van der Waals surface area contributed by atoms with Gasteiger partial charge in [0.05, 0.1) is 12.2 Å². The van der Waals surface area contributed by atoms with E-state index < -0.39 is 6.10 Å². The number of aryl methyl sites for hydroxylation is 2. The molecule has 0 saturated heterocycles. The molecule has 0 radical (unpaired) electrons. The second kappa shape index (κ2) is 6.53. The minimum absolute atomic E-state index is 0.0612. The molecule has 0 heterocycles. The van der Waals surface area contributed by atoms with Crippen LogP contribution in [-0.2, 0) is 11.2 Å². The molecule has 0 amide bonds. The number of aliphatic hydroxyl groups is 1. The summed E-state index contributed by atoms with van der Waals surface area (Å²) >= 11 is 0. The van der Waals surface area contributed by atoms with Gasteiger partial charge >= 0.3 is 0 Å². The van der Waals surface area contributed by atoms with Gasteiger partial charge in [0.15, 0.2) is 0 Å². The number of hydrogen-bond acceptors (Lipinski definition) is 2. The van der Waals surface area contributed by atoms with Crippen molar-refractivity contribution in [2.45, 2.75) is 60.2 Å². The SMILES string of the molecule is CCOC(C(O)Cc1cc(C)cc(C)c1)C(C)(C)C. The first-order chi connectivity index (χ1) is 8.74. The molecule has 0 spiro atoms. The van der Waals surface area contributed by atoms with Crippen molar-refractivity contribution in [3.05, 3.63) is 34.9 Å². The van der Waals surface area contributed by atoms with Crippen LogP contribution in [0.1, 0.15) is 44.4 Å². The minimum Gasteiger partial charge on any atom is -0.390 e. The van der Waals surface area contributed by atoms with Gasteiger partial charge in [0, 0.05) is 13.0 Å². The number of benzene rings is 1. The number of ether oxygens (including phenoxy) is 1. The fraction of sp³-hybridized carbons (Fsp3) is 0.647. The van der Waals surface area contributed by atoms with Gasteiger partial charge in [0.1, 0.15) is 0 Å². The van der Waals surface area contributed by atoms with E-state index in [0.717, 1.165) is 0 Å². The fourth-order valence-electron chi connectivity index (χ4n) is 2.65. The Balaban J connectivity index is 2.84. The lowest BCUT2D eigenvalue weighted by Crippen LogP contribution is -2.41. The van der Waals surface area contributed by atoms with Gasteiger partial charge < -0.3 is 9.84 Å². The molecule has 1 aromatic rings. The Hall–Kier alpha value is -0.860. The number of hydrogen-bond donors (Lipinski definition) is 1. The van der Waals surface area contributed by atoms with Crippen LogP contribution in [-0.4, -0.2) is 23.9 Å². The van der Waals surface area contributed by atoms with E-state index in [1.54, 1.807) is 0 Å². The summed E-state index contributed by atoms with van der Waals surface area (Å²) in [6, 6.07) is 6.43. The summed E-state index contributed by atoms with van der Waals surface area (Å²) in [7, 11) is 0. The Morgan fingerprint density at radius 1 is 1.11 bits per heavy atom. The second-order valence-electron chi connectivity index (χ2n) is 6.51. The van der Waals surface area contributed by atoms with Crippen LogP contribution in [0.15, 0.2) is 18.2 Å². The van der Waals surface area contributed by atoms with Gasteiger partial charge in [-0.2, -0.15) is 0 Å². The van der Waals surface area contributed by atoms with E-state index in [2.05, 4.69) is 52.8 Å². The Labute approximate surface area is 117 Å². The van der Waals surface area contributed by atoms with Crippen LogP contribution in [0.2, 0.25) is 0 Å². The molecule has 0 aliphatic rings. The lowest BCUT2D eigenvalue weighted by atomic mass is 9.83. The molecule has 108 valence electrons. The molecule has 2 heteroatoms. The van der Waals surface area contributed by atoms with E-state index >= 15 is 0 Å². The van der Waals surface area contributed by atoms with Gasteiger partial charge in [-0.15, -0.1) is 0 Å². The van der Waals surface area contributed by atoms with Gasteiger partial charge in [0.25, 0.3) is 0 Å². The van der Waals surface area contributed by atoms with E-state index in [4.69, 9.17) is 4.74 Å². The molecule has 2 atom stereocenters. The van der Waals surface area contributed by atoms with E-state index in [9.17, 15) is 5.11 Å². The zero-order chi connectivity index (χ0) is 14.6. The van der Waals surface area contributed by atoms with Gasteiger partial charge in [-0.25, -0.2) is 0 Å². The third-order valence-electron chi connectivity index (χ3n) is 3.28. The van der Waals surface area contributed by atoms with Gasteiger partial charge in [0.2, 0.25) is 0 Å². The predicted molar refractivity (Wildman–Crippen MR) is 80.5 cm³/mol. The average Bonchev–Trinajstić information content (AvgIpc) is 2.22.